The molecule has 1 aliphatic heterocycles. The highest BCUT2D eigenvalue weighted by Gasteiger charge is 2.23. The normalized spacial score (nSPS) is 14.5. The third kappa shape index (κ3) is 4.39. The lowest BCUT2D eigenvalue weighted by Crippen LogP contribution is -2.49. The maximum Gasteiger partial charge on any atom is 0.253 e. The second-order valence-electron chi connectivity index (χ2n) is 6.01. The smallest absolute Gasteiger partial charge is 0.253 e. The number of benzene rings is 1. The van der Waals surface area contributed by atoms with Crippen LogP contribution in [0.3, 0.4) is 0 Å². The first-order chi connectivity index (χ1) is 12.1. The monoisotopic (exact) mass is 451 g/mol. The van der Waals surface area contributed by atoms with Gasteiger partial charge in [0.15, 0.2) is 0 Å². The minimum atomic E-state index is 0.0922. The molecule has 0 bridgehead atoms. The van der Waals surface area contributed by atoms with Gasteiger partial charge in [-0.1, -0.05) is 0 Å². The molecule has 132 valence electrons. The van der Waals surface area contributed by atoms with Crippen LogP contribution < -0.4 is 10.2 Å². The number of nitrogens with zero attached hydrogens (tertiary/aromatic N) is 4. The van der Waals surface area contributed by atoms with Crippen LogP contribution in [-0.4, -0.2) is 53.5 Å². The van der Waals surface area contributed by atoms with E-state index in [0.717, 1.165) is 46.2 Å². The van der Waals surface area contributed by atoms with E-state index in [2.05, 4.69) is 42.8 Å². The average molecular weight is 451 g/mol. The van der Waals surface area contributed by atoms with Crippen molar-refractivity contribution in [2.24, 2.45) is 0 Å². The summed E-state index contributed by atoms with van der Waals surface area (Å²) < 4.78 is 1.13. The lowest BCUT2D eigenvalue weighted by atomic mass is 10.2. The van der Waals surface area contributed by atoms with E-state index in [1.807, 2.05) is 49.1 Å². The third-order valence-corrected chi connectivity index (χ3v) is 4.86. The summed E-state index contributed by atoms with van der Waals surface area (Å²) in [4.78, 5) is 25.8. The van der Waals surface area contributed by atoms with Crippen molar-refractivity contribution in [1.82, 2.24) is 14.9 Å². The molecule has 0 saturated carbocycles. The number of piperazine rings is 1. The van der Waals surface area contributed by atoms with Gasteiger partial charge >= 0.3 is 0 Å². The fraction of sp³-hybridized carbons (Fsp3) is 0.389. The molecule has 1 fully saturated rings. The molecule has 1 aromatic carbocycles. The lowest BCUT2D eigenvalue weighted by molar-refractivity contribution is 0.0746. The summed E-state index contributed by atoms with van der Waals surface area (Å²) >= 11 is 2.24. The van der Waals surface area contributed by atoms with Crippen molar-refractivity contribution in [2.45, 2.75) is 13.8 Å². The van der Waals surface area contributed by atoms with E-state index in [4.69, 9.17) is 0 Å². The van der Waals surface area contributed by atoms with Crippen molar-refractivity contribution in [2.75, 3.05) is 42.9 Å². The van der Waals surface area contributed by atoms with Gasteiger partial charge in [0.25, 0.3) is 5.91 Å². The second-order valence-corrected chi connectivity index (χ2v) is 7.26. The van der Waals surface area contributed by atoms with Crippen molar-refractivity contribution >= 4 is 40.3 Å². The molecule has 0 atom stereocenters. The van der Waals surface area contributed by atoms with E-state index in [0.29, 0.717) is 13.1 Å². The van der Waals surface area contributed by atoms with Crippen LogP contribution in [0, 0.1) is 10.5 Å². The number of anilines is 2. The van der Waals surface area contributed by atoms with Crippen LogP contribution in [0.1, 0.15) is 23.0 Å². The number of nitrogens with one attached hydrogen (secondary N) is 1. The lowest BCUT2D eigenvalue weighted by Gasteiger charge is -2.35. The van der Waals surface area contributed by atoms with Gasteiger partial charge in [0.2, 0.25) is 5.95 Å². The Hall–Kier alpha value is -1.90. The van der Waals surface area contributed by atoms with Crippen molar-refractivity contribution < 1.29 is 4.79 Å². The van der Waals surface area contributed by atoms with Gasteiger partial charge in [-0.2, -0.15) is 4.98 Å². The summed E-state index contributed by atoms with van der Waals surface area (Å²) in [6.07, 6.45) is 0. The summed E-state index contributed by atoms with van der Waals surface area (Å²) in [6, 6.07) is 9.66. The molecule has 6 nitrogen and oxygen atoms in total. The topological polar surface area (TPSA) is 61.4 Å². The fourth-order valence-corrected chi connectivity index (χ4v) is 3.21. The van der Waals surface area contributed by atoms with E-state index >= 15 is 0 Å². The number of carbonyl (C=O) groups excluding carboxylic acids is 1. The molecule has 2 heterocycles. The van der Waals surface area contributed by atoms with E-state index in [1.165, 1.54) is 0 Å². The van der Waals surface area contributed by atoms with E-state index in [-0.39, 0.29) is 5.91 Å². The van der Waals surface area contributed by atoms with Gasteiger partial charge in [0.05, 0.1) is 0 Å². The molecule has 1 saturated heterocycles. The molecule has 25 heavy (non-hydrogen) atoms. The molecule has 7 heteroatoms. The number of carbonyl (C=O) groups is 1. The first kappa shape index (κ1) is 17.9. The van der Waals surface area contributed by atoms with Crippen LogP contribution in [0.2, 0.25) is 0 Å². The van der Waals surface area contributed by atoms with E-state index in [1.54, 1.807) is 0 Å². The number of aryl methyl sites for hydroxylation is 1. The van der Waals surface area contributed by atoms with Gasteiger partial charge in [-0.05, 0) is 60.7 Å². The summed E-state index contributed by atoms with van der Waals surface area (Å²) in [5.41, 5.74) is 1.69. The molecule has 1 N–H and O–H groups in total. The molecular weight excluding hydrogens is 429 g/mol. The Morgan fingerprint density at radius 3 is 2.48 bits per heavy atom. The Bertz CT molecular complexity index is 742. The van der Waals surface area contributed by atoms with Gasteiger partial charge in [-0.3, -0.25) is 4.79 Å². The molecule has 2 aromatic rings. The van der Waals surface area contributed by atoms with Gasteiger partial charge in [-0.25, -0.2) is 4.98 Å². The maximum atomic E-state index is 12.6. The summed E-state index contributed by atoms with van der Waals surface area (Å²) in [5, 5.41) is 3.24. The minimum Gasteiger partial charge on any atom is -0.370 e. The molecule has 0 spiro atoms. The van der Waals surface area contributed by atoms with Gasteiger partial charge < -0.3 is 15.1 Å². The molecule has 1 aliphatic rings. The number of aromatic nitrogens is 2. The highest BCUT2D eigenvalue weighted by atomic mass is 127. The number of rotatable bonds is 4. The van der Waals surface area contributed by atoms with Gasteiger partial charge in [0, 0.05) is 53.6 Å². The first-order valence-corrected chi connectivity index (χ1v) is 9.54. The van der Waals surface area contributed by atoms with Crippen molar-refractivity contribution in [3.63, 3.8) is 0 Å². The number of hydrogen-bond donors (Lipinski definition) is 1. The predicted octanol–water partition coefficient (Wildman–Crippen LogP) is 2.78. The van der Waals surface area contributed by atoms with Crippen molar-refractivity contribution in [3.05, 3.63) is 45.2 Å². The zero-order valence-corrected chi connectivity index (χ0v) is 16.7. The number of halogens is 1. The van der Waals surface area contributed by atoms with Crippen LogP contribution in [0.15, 0.2) is 30.3 Å². The zero-order valence-electron chi connectivity index (χ0n) is 14.5. The molecule has 1 amide bonds. The quantitative estimate of drug-likeness (QED) is 0.725. The van der Waals surface area contributed by atoms with Crippen LogP contribution in [0.5, 0.6) is 0 Å². The minimum absolute atomic E-state index is 0.0922. The van der Waals surface area contributed by atoms with Gasteiger partial charge in [0.1, 0.15) is 5.82 Å². The second kappa shape index (κ2) is 7.99. The Labute approximate surface area is 161 Å². The van der Waals surface area contributed by atoms with Crippen molar-refractivity contribution in [3.8, 4) is 0 Å². The predicted molar refractivity (Wildman–Crippen MR) is 108 cm³/mol. The molecule has 0 aliphatic carbocycles. The standard InChI is InChI=1S/C18H22IN5O/c1-3-20-16-12-13(2)21-18(22-16)24-10-8-23(9-11-24)17(25)14-4-6-15(19)7-5-14/h4-7,12H,3,8-11H2,1-2H3,(H,20,21,22). The molecular formula is C18H22IN5O. The highest BCUT2D eigenvalue weighted by Crippen LogP contribution is 2.17. The Morgan fingerprint density at radius 1 is 1.16 bits per heavy atom. The first-order valence-electron chi connectivity index (χ1n) is 8.46. The van der Waals surface area contributed by atoms with Crippen LogP contribution >= 0.6 is 22.6 Å². The Kier molecular flexibility index (Phi) is 5.72. The SMILES string of the molecule is CCNc1cc(C)nc(N2CCN(C(=O)c3ccc(I)cc3)CC2)n1. The summed E-state index contributed by atoms with van der Waals surface area (Å²) in [6.45, 7) is 7.69. The fourth-order valence-electron chi connectivity index (χ4n) is 2.85. The van der Waals surface area contributed by atoms with Crippen molar-refractivity contribution in [1.29, 1.82) is 0 Å². The Balaban J connectivity index is 1.65. The van der Waals surface area contributed by atoms with Crippen LogP contribution in [0.4, 0.5) is 11.8 Å². The van der Waals surface area contributed by atoms with Crippen LogP contribution in [0.25, 0.3) is 0 Å². The average Bonchev–Trinajstić information content (AvgIpc) is 2.62. The van der Waals surface area contributed by atoms with E-state index in [9.17, 15) is 4.79 Å². The summed E-state index contributed by atoms with van der Waals surface area (Å²) in [5.74, 6) is 1.68. The van der Waals surface area contributed by atoms with E-state index < -0.39 is 0 Å². The zero-order chi connectivity index (χ0) is 17.8. The maximum absolute atomic E-state index is 12.6. The third-order valence-electron chi connectivity index (χ3n) is 4.14. The summed E-state index contributed by atoms with van der Waals surface area (Å²) in [7, 11) is 0. The number of amides is 1. The molecule has 0 radical (unpaired) electrons. The van der Waals surface area contributed by atoms with Crippen LogP contribution in [-0.2, 0) is 0 Å². The molecule has 0 unspecified atom stereocenters. The largest absolute Gasteiger partial charge is 0.370 e. The molecule has 3 rings (SSSR count). The highest BCUT2D eigenvalue weighted by molar-refractivity contribution is 14.1. The number of hydrogen-bond acceptors (Lipinski definition) is 5. The van der Waals surface area contributed by atoms with Gasteiger partial charge in [-0.15, -0.1) is 0 Å². The Morgan fingerprint density at radius 2 is 1.84 bits per heavy atom. The molecule has 1 aromatic heterocycles.